The summed E-state index contributed by atoms with van der Waals surface area (Å²) in [5, 5.41) is 0. The van der Waals surface area contributed by atoms with E-state index in [4.69, 9.17) is 0 Å². The summed E-state index contributed by atoms with van der Waals surface area (Å²) in [5.74, 6) is 1.61. The maximum Gasteiger partial charge on any atom is 0.324 e. The first-order valence-corrected chi connectivity index (χ1v) is 15.4. The van der Waals surface area contributed by atoms with Gasteiger partial charge >= 0.3 is 6.85 Å². The Bertz CT molecular complexity index is 2070. The second-order valence-corrected chi connectivity index (χ2v) is 12.0. The Morgan fingerprint density at radius 1 is 0.553 bits per heavy atom. The van der Waals surface area contributed by atoms with E-state index in [1.165, 1.54) is 27.7 Å². The number of para-hydroxylation sites is 2. The van der Waals surface area contributed by atoms with Crippen LogP contribution < -0.4 is 35.3 Å². The van der Waals surface area contributed by atoms with Crippen molar-refractivity contribution in [1.29, 1.82) is 0 Å². The first-order chi connectivity index (χ1) is 22.7. The molecule has 230 valence electrons. The Morgan fingerprint density at radius 3 is 1.74 bits per heavy atom. The first-order valence-electron chi connectivity index (χ1n) is 15.4. The fraction of sp³-hybridized carbons (Fsp3) is 0.0526. The molecule has 9 heteroatoms. The third kappa shape index (κ3) is 3.97. The van der Waals surface area contributed by atoms with Gasteiger partial charge in [0.25, 0.3) is 0 Å². The van der Waals surface area contributed by atoms with Crippen LogP contribution in [0.1, 0.15) is 0 Å². The fourth-order valence-electron chi connectivity index (χ4n) is 7.47. The van der Waals surface area contributed by atoms with E-state index in [-0.39, 0.29) is 27.3 Å². The Morgan fingerprint density at radius 2 is 1.09 bits per heavy atom. The van der Waals surface area contributed by atoms with Gasteiger partial charge in [-0.15, -0.1) is 53.4 Å². The molecule has 0 spiro atoms. The van der Waals surface area contributed by atoms with Crippen molar-refractivity contribution in [2.75, 3.05) is 38.5 Å². The van der Waals surface area contributed by atoms with Crippen LogP contribution in [0.5, 0.6) is 0 Å². The molecule has 4 aliphatic rings. The second kappa shape index (κ2) is 10.5. The van der Waals surface area contributed by atoms with E-state index in [2.05, 4.69) is 152 Å². The molecule has 47 heavy (non-hydrogen) atoms. The van der Waals surface area contributed by atoms with Crippen molar-refractivity contribution in [1.82, 2.24) is 9.97 Å². The zero-order valence-electron chi connectivity index (χ0n) is 25.6. The number of aromatic nitrogens is 2. The van der Waals surface area contributed by atoms with E-state index in [9.17, 15) is 0 Å². The van der Waals surface area contributed by atoms with Gasteiger partial charge in [-0.05, 0) is 26.2 Å². The van der Waals surface area contributed by atoms with Gasteiger partial charge in [0.05, 0.1) is 0 Å². The van der Waals surface area contributed by atoms with E-state index < -0.39 is 0 Å². The van der Waals surface area contributed by atoms with Crippen molar-refractivity contribution < 1.29 is 20.4 Å². The minimum Gasteiger partial charge on any atom is -0.504 e. The smallest absolute Gasteiger partial charge is 0.324 e. The molecule has 0 atom stereocenters. The minimum atomic E-state index is -0.0415. The number of hydrogen-bond acceptors (Lipinski definition) is 7. The van der Waals surface area contributed by atoms with E-state index in [0.717, 1.165) is 51.2 Å². The summed E-state index contributed by atoms with van der Waals surface area (Å²) in [6, 6.07) is 42.6. The normalized spacial score (nSPS) is 14.9. The topological polar surface area (TPSA) is 42.0 Å². The Kier molecular flexibility index (Phi) is 6.27. The molecule has 1 aromatic heterocycles. The van der Waals surface area contributed by atoms with E-state index >= 15 is 0 Å². The molecule has 5 aromatic carbocycles. The van der Waals surface area contributed by atoms with Crippen molar-refractivity contribution in [2.24, 2.45) is 0 Å². The van der Waals surface area contributed by atoms with Crippen LogP contribution in [0, 0.1) is 25.5 Å². The summed E-state index contributed by atoms with van der Waals surface area (Å²) in [7, 11) is 4.09. The monoisotopic (exact) mass is 697 g/mol. The summed E-state index contributed by atoms with van der Waals surface area (Å²) in [4.78, 5) is 20.2. The molecule has 6 aromatic rings. The Balaban J connectivity index is 0.00000302. The van der Waals surface area contributed by atoms with E-state index in [1.807, 2.05) is 18.6 Å². The van der Waals surface area contributed by atoms with Gasteiger partial charge in [-0.25, -0.2) is 9.97 Å². The molecular weight excluding hydrogens is 672 g/mol. The van der Waals surface area contributed by atoms with Crippen LogP contribution in [0.2, 0.25) is 0 Å². The summed E-state index contributed by atoms with van der Waals surface area (Å²) < 4.78 is 0. The van der Waals surface area contributed by atoms with E-state index in [1.54, 1.807) is 12.4 Å². The molecule has 0 N–H and O–H groups in total. The molecule has 0 amide bonds. The van der Waals surface area contributed by atoms with Crippen molar-refractivity contribution >= 4 is 63.5 Å². The molecular formula is C38H26BN7Pd-4. The van der Waals surface area contributed by atoms with Crippen LogP contribution in [0.3, 0.4) is 0 Å². The van der Waals surface area contributed by atoms with Crippen molar-refractivity contribution in [2.45, 2.75) is 0 Å². The van der Waals surface area contributed by atoms with Gasteiger partial charge in [-0.3, -0.25) is 0 Å². The molecule has 0 radical (unpaired) electrons. The SMILES string of the molecule is CN1[CH-]N(c2[c-]c3c(cc2)-c2ccccc2B2c4ccccc4-c4ccc(N5[CH-]N(C)c6nccnc65)[c-]c4N23)c2ccccc21.[Pd]. The fourth-order valence-corrected chi connectivity index (χ4v) is 7.47. The summed E-state index contributed by atoms with van der Waals surface area (Å²) in [6.45, 7) is 4.12. The molecule has 0 saturated heterocycles. The van der Waals surface area contributed by atoms with Crippen molar-refractivity contribution in [3.8, 4) is 22.3 Å². The molecule has 4 aliphatic heterocycles. The van der Waals surface area contributed by atoms with Crippen LogP contribution in [-0.4, -0.2) is 30.9 Å². The van der Waals surface area contributed by atoms with Gasteiger partial charge in [0.2, 0.25) is 0 Å². The molecule has 0 bridgehead atoms. The van der Waals surface area contributed by atoms with Crippen LogP contribution in [0.4, 0.5) is 45.8 Å². The maximum absolute atomic E-state index is 4.68. The van der Waals surface area contributed by atoms with Crippen molar-refractivity contribution in [3.05, 3.63) is 135 Å². The van der Waals surface area contributed by atoms with Gasteiger partial charge in [0, 0.05) is 44.2 Å². The second-order valence-electron chi connectivity index (χ2n) is 12.0. The zero-order chi connectivity index (χ0) is 30.5. The predicted molar refractivity (Wildman–Crippen MR) is 187 cm³/mol. The predicted octanol–water partition coefficient (Wildman–Crippen LogP) is 6.39. The Hall–Kier alpha value is -5.09. The van der Waals surface area contributed by atoms with E-state index in [0.29, 0.717) is 0 Å². The molecule has 0 saturated carbocycles. The standard InChI is InChI=1S/C38H26BN7.Pd/c1-42-23-44(34-14-8-7-13-33(34)42)25-15-17-29-27-9-3-5-11-31(27)39-32-12-6-4-10-28(32)30-18-16-26(22-36(30)46(39)35(29)21-25)45-24-43(2)37-38(45)41-20-19-40-37;/h3-20,23-24H,1-2H3;/q-4;. The summed E-state index contributed by atoms with van der Waals surface area (Å²) >= 11 is 0. The quantitative estimate of drug-likeness (QED) is 0.154. The summed E-state index contributed by atoms with van der Waals surface area (Å²) in [5.41, 5.74) is 13.6. The number of fused-ring (bicyclic) bond motifs is 13. The number of hydrogen-bond donors (Lipinski definition) is 0. The molecule has 0 unspecified atom stereocenters. The molecule has 7 nitrogen and oxygen atoms in total. The number of nitrogens with zero attached hydrogens (tertiary/aromatic N) is 7. The number of rotatable bonds is 2. The van der Waals surface area contributed by atoms with Gasteiger partial charge in [-0.2, -0.15) is 18.8 Å². The van der Waals surface area contributed by atoms with Gasteiger partial charge in [-0.1, -0.05) is 94.1 Å². The third-order valence-corrected chi connectivity index (χ3v) is 9.49. The van der Waals surface area contributed by atoms with Crippen molar-refractivity contribution in [3.63, 3.8) is 0 Å². The Labute approximate surface area is 288 Å². The third-order valence-electron chi connectivity index (χ3n) is 9.49. The van der Waals surface area contributed by atoms with Gasteiger partial charge in [0.15, 0.2) is 0 Å². The van der Waals surface area contributed by atoms with Gasteiger partial charge < -0.3 is 24.4 Å². The molecule has 5 heterocycles. The molecule has 10 rings (SSSR count). The number of anilines is 8. The van der Waals surface area contributed by atoms with Crippen LogP contribution >= 0.6 is 0 Å². The van der Waals surface area contributed by atoms with Crippen LogP contribution in [0.15, 0.2) is 109 Å². The largest absolute Gasteiger partial charge is 0.504 e. The summed E-state index contributed by atoms with van der Waals surface area (Å²) in [6.07, 6.45) is 3.47. The average Bonchev–Trinajstić information content (AvgIpc) is 3.64. The van der Waals surface area contributed by atoms with Crippen LogP contribution in [-0.2, 0) is 20.4 Å². The number of benzene rings is 5. The molecule has 0 aliphatic carbocycles. The first kappa shape index (κ1) is 28.2. The van der Waals surface area contributed by atoms with Crippen LogP contribution in [0.25, 0.3) is 22.3 Å². The average molecular weight is 698 g/mol. The zero-order valence-corrected chi connectivity index (χ0v) is 27.1. The van der Waals surface area contributed by atoms with Gasteiger partial charge in [0.1, 0.15) is 11.6 Å². The maximum atomic E-state index is 4.68. The molecule has 0 fully saturated rings. The minimum absolute atomic E-state index is 0.